The minimum Gasteiger partial charge on any atom is -0.350 e. The number of nitrogens with zero attached hydrogens (tertiary/aromatic N) is 5. The van der Waals surface area contributed by atoms with Crippen molar-refractivity contribution in [2.45, 2.75) is 19.1 Å². The molecular formula is C20H13F7N6O2. The molecule has 0 bridgehead atoms. The van der Waals surface area contributed by atoms with E-state index in [1.165, 1.54) is 12.1 Å². The molecular weight excluding hydrogens is 489 g/mol. The molecule has 0 unspecified atom stereocenters. The zero-order chi connectivity index (χ0) is 25.4. The summed E-state index contributed by atoms with van der Waals surface area (Å²) in [6.07, 6.45) is -7.10. The van der Waals surface area contributed by atoms with E-state index in [0.29, 0.717) is 4.52 Å². The number of aromatic nitrogens is 5. The van der Waals surface area contributed by atoms with Gasteiger partial charge in [-0.15, -0.1) is 0 Å². The number of rotatable bonds is 6. The molecule has 1 amide bonds. The molecule has 1 N–H and O–H groups in total. The predicted octanol–water partition coefficient (Wildman–Crippen LogP) is 4.54. The van der Waals surface area contributed by atoms with Gasteiger partial charge in [-0.3, -0.25) is 4.79 Å². The first kappa shape index (κ1) is 24.1. The highest BCUT2D eigenvalue weighted by Crippen LogP contribution is 2.32. The van der Waals surface area contributed by atoms with Gasteiger partial charge < -0.3 is 10.1 Å². The number of nitrogens with one attached hydrogen (secondary N) is 1. The topological polar surface area (TPSA) is 86.3 Å². The standard InChI is InChI=1S/C20H13F7N6O2/c21-12-3-1-11(2-4-12)14-5-16(20(25,26)27)33-17(30-14)6-15(31-33)18(34)29-13-7-28-32(8-13)10-35-9-19(22,23)24/h1-8H,9-10H2,(H,29,34). The summed E-state index contributed by atoms with van der Waals surface area (Å²) in [6.45, 7) is -2.04. The summed E-state index contributed by atoms with van der Waals surface area (Å²) in [4.78, 5) is 16.6. The quantitative estimate of drug-likeness (QED) is 0.392. The van der Waals surface area contributed by atoms with E-state index in [0.717, 1.165) is 41.3 Å². The second-order valence-electron chi connectivity index (χ2n) is 7.15. The van der Waals surface area contributed by atoms with Gasteiger partial charge in [-0.1, -0.05) is 0 Å². The van der Waals surface area contributed by atoms with Crippen molar-refractivity contribution in [3.8, 4) is 11.3 Å². The van der Waals surface area contributed by atoms with Crippen LogP contribution in [0, 0.1) is 5.82 Å². The SMILES string of the molecule is O=C(Nc1cnn(COCC(F)(F)F)c1)c1cc2nc(-c3ccc(F)cc3)cc(C(F)(F)F)n2n1. The van der Waals surface area contributed by atoms with Crippen molar-refractivity contribution in [1.29, 1.82) is 0 Å². The van der Waals surface area contributed by atoms with Crippen LogP contribution >= 0.6 is 0 Å². The zero-order valence-electron chi connectivity index (χ0n) is 17.2. The van der Waals surface area contributed by atoms with E-state index in [1.54, 1.807) is 0 Å². The van der Waals surface area contributed by atoms with Gasteiger partial charge in [0.15, 0.2) is 17.0 Å². The lowest BCUT2D eigenvalue weighted by Crippen LogP contribution is -2.18. The number of amides is 1. The maximum atomic E-state index is 13.7. The first-order valence-electron chi connectivity index (χ1n) is 9.61. The Morgan fingerprint density at radius 1 is 1.06 bits per heavy atom. The van der Waals surface area contributed by atoms with Crippen LogP contribution in [0.1, 0.15) is 16.2 Å². The fourth-order valence-corrected chi connectivity index (χ4v) is 3.00. The third-order valence-electron chi connectivity index (χ3n) is 4.47. The van der Waals surface area contributed by atoms with Crippen LogP contribution in [0.2, 0.25) is 0 Å². The molecule has 0 aliphatic rings. The van der Waals surface area contributed by atoms with Gasteiger partial charge in [0.05, 0.1) is 23.8 Å². The molecule has 0 spiro atoms. The summed E-state index contributed by atoms with van der Waals surface area (Å²) in [7, 11) is 0. The lowest BCUT2D eigenvalue weighted by atomic mass is 10.1. The van der Waals surface area contributed by atoms with Gasteiger partial charge in [-0.25, -0.2) is 18.6 Å². The number of hydrogen-bond acceptors (Lipinski definition) is 5. The van der Waals surface area contributed by atoms with Gasteiger partial charge >= 0.3 is 12.4 Å². The number of alkyl halides is 6. The monoisotopic (exact) mass is 502 g/mol. The van der Waals surface area contributed by atoms with E-state index < -0.39 is 48.8 Å². The molecule has 0 aliphatic carbocycles. The summed E-state index contributed by atoms with van der Waals surface area (Å²) in [6, 6.07) is 6.40. The van der Waals surface area contributed by atoms with Gasteiger partial charge in [0.2, 0.25) is 0 Å². The lowest BCUT2D eigenvalue weighted by Gasteiger charge is -2.11. The van der Waals surface area contributed by atoms with Crippen molar-refractivity contribution in [3.63, 3.8) is 0 Å². The number of carbonyl (C=O) groups is 1. The van der Waals surface area contributed by atoms with Crippen LogP contribution < -0.4 is 5.32 Å². The van der Waals surface area contributed by atoms with Crippen LogP contribution in [-0.2, 0) is 17.6 Å². The summed E-state index contributed by atoms with van der Waals surface area (Å²) >= 11 is 0. The Balaban J connectivity index is 1.58. The van der Waals surface area contributed by atoms with E-state index in [4.69, 9.17) is 0 Å². The highest BCUT2D eigenvalue weighted by Gasteiger charge is 2.35. The lowest BCUT2D eigenvalue weighted by molar-refractivity contribution is -0.182. The highest BCUT2D eigenvalue weighted by molar-refractivity contribution is 6.03. The Hall–Kier alpha value is -4.01. The van der Waals surface area contributed by atoms with Crippen LogP contribution in [0.5, 0.6) is 0 Å². The second-order valence-corrected chi connectivity index (χ2v) is 7.15. The number of halogens is 7. The Morgan fingerprint density at radius 2 is 1.77 bits per heavy atom. The summed E-state index contributed by atoms with van der Waals surface area (Å²) < 4.78 is 96.5. The van der Waals surface area contributed by atoms with Crippen LogP contribution in [0.25, 0.3) is 16.9 Å². The molecule has 35 heavy (non-hydrogen) atoms. The number of hydrogen-bond donors (Lipinski definition) is 1. The van der Waals surface area contributed by atoms with Crippen molar-refractivity contribution in [3.05, 3.63) is 66.0 Å². The molecule has 0 aliphatic heterocycles. The minimum atomic E-state index is -4.85. The van der Waals surface area contributed by atoms with Crippen molar-refractivity contribution < 1.29 is 40.3 Å². The molecule has 0 radical (unpaired) electrons. The van der Waals surface area contributed by atoms with E-state index >= 15 is 0 Å². The molecule has 184 valence electrons. The van der Waals surface area contributed by atoms with Gasteiger partial charge in [-0.2, -0.15) is 36.5 Å². The summed E-state index contributed by atoms with van der Waals surface area (Å²) in [5.41, 5.74) is -1.78. The summed E-state index contributed by atoms with van der Waals surface area (Å²) in [5, 5.41) is 9.74. The van der Waals surface area contributed by atoms with Gasteiger partial charge in [0, 0.05) is 11.6 Å². The van der Waals surface area contributed by atoms with E-state index in [9.17, 15) is 35.5 Å². The molecule has 3 aromatic heterocycles. The van der Waals surface area contributed by atoms with Gasteiger partial charge in [0.1, 0.15) is 19.2 Å². The number of benzene rings is 1. The number of fused-ring (bicyclic) bond motifs is 1. The molecule has 15 heteroatoms. The van der Waals surface area contributed by atoms with Crippen molar-refractivity contribution in [2.24, 2.45) is 0 Å². The largest absolute Gasteiger partial charge is 0.433 e. The molecule has 0 atom stereocenters. The van der Waals surface area contributed by atoms with E-state index in [2.05, 4.69) is 25.2 Å². The summed E-state index contributed by atoms with van der Waals surface area (Å²) in [5.74, 6) is -1.49. The Labute approximate surface area is 190 Å². The van der Waals surface area contributed by atoms with Gasteiger partial charge in [-0.05, 0) is 30.3 Å². The smallest absolute Gasteiger partial charge is 0.350 e. The first-order valence-corrected chi connectivity index (χ1v) is 9.61. The molecule has 0 saturated heterocycles. The highest BCUT2D eigenvalue weighted by atomic mass is 19.4. The van der Waals surface area contributed by atoms with Gasteiger partial charge in [0.25, 0.3) is 5.91 Å². The van der Waals surface area contributed by atoms with Crippen LogP contribution in [0.15, 0.2) is 48.8 Å². The average molecular weight is 502 g/mol. The number of ether oxygens (including phenoxy) is 1. The van der Waals surface area contributed by atoms with E-state index in [-0.39, 0.29) is 22.6 Å². The predicted molar refractivity (Wildman–Crippen MR) is 106 cm³/mol. The molecule has 0 fully saturated rings. The third-order valence-corrected chi connectivity index (χ3v) is 4.47. The van der Waals surface area contributed by atoms with E-state index in [1.807, 2.05) is 0 Å². The average Bonchev–Trinajstić information content (AvgIpc) is 3.38. The van der Waals surface area contributed by atoms with Crippen molar-refractivity contribution in [1.82, 2.24) is 24.4 Å². The molecule has 3 heterocycles. The molecule has 1 aromatic carbocycles. The van der Waals surface area contributed by atoms with Crippen molar-refractivity contribution >= 4 is 17.2 Å². The second kappa shape index (κ2) is 8.98. The van der Waals surface area contributed by atoms with Crippen LogP contribution in [0.4, 0.5) is 36.4 Å². The maximum absolute atomic E-state index is 13.7. The number of carbonyl (C=O) groups excluding carboxylic acids is 1. The third kappa shape index (κ3) is 5.74. The maximum Gasteiger partial charge on any atom is 0.433 e. The Morgan fingerprint density at radius 3 is 2.43 bits per heavy atom. The normalized spacial score (nSPS) is 12.3. The molecule has 0 saturated carbocycles. The fraction of sp³-hybridized carbons (Fsp3) is 0.200. The van der Waals surface area contributed by atoms with Crippen LogP contribution in [0.3, 0.4) is 0 Å². The molecule has 4 aromatic rings. The minimum absolute atomic E-state index is 0.0404. The zero-order valence-corrected chi connectivity index (χ0v) is 17.2. The molecule has 8 nitrogen and oxygen atoms in total. The van der Waals surface area contributed by atoms with Crippen LogP contribution in [-0.4, -0.2) is 43.1 Å². The number of anilines is 1. The Kier molecular flexibility index (Phi) is 6.19. The fourth-order valence-electron chi connectivity index (χ4n) is 3.00. The Bertz CT molecular complexity index is 1360. The first-order chi connectivity index (χ1) is 16.4. The van der Waals surface area contributed by atoms with Crippen molar-refractivity contribution in [2.75, 3.05) is 11.9 Å². The molecule has 4 rings (SSSR count).